The predicted molar refractivity (Wildman–Crippen MR) is 237 cm³/mol. The predicted octanol–water partition coefficient (Wildman–Crippen LogP) is 7.64. The number of aliphatic hydroxyl groups excluding tert-OH is 1. The number of carbonyl (C=O) groups excluding carboxylic acids is 1. The van der Waals surface area contributed by atoms with Crippen molar-refractivity contribution in [1.82, 2.24) is 9.97 Å². The quantitative estimate of drug-likeness (QED) is 0.223. The second kappa shape index (κ2) is 12.7. The van der Waals surface area contributed by atoms with Crippen molar-refractivity contribution in [1.29, 1.82) is 0 Å². The van der Waals surface area contributed by atoms with Gasteiger partial charge < -0.3 is 34.3 Å². The highest BCUT2D eigenvalue weighted by atomic mass is 16.7. The lowest BCUT2D eigenvalue weighted by atomic mass is 9.45. The Morgan fingerprint density at radius 3 is 1.97 bits per heavy atom. The average molecular weight is 881 g/mol. The Hall–Kier alpha value is -1.79. The number of aliphatic hydroxyl groups is 3. The molecule has 3 N–H and O–H groups in total. The molecule has 0 aromatic carbocycles. The van der Waals surface area contributed by atoms with Crippen LogP contribution >= 0.6 is 0 Å². The molecule has 0 radical (unpaired) electrons. The van der Waals surface area contributed by atoms with Gasteiger partial charge >= 0.3 is 0 Å². The van der Waals surface area contributed by atoms with Crippen molar-refractivity contribution in [3.05, 3.63) is 34.4 Å². The van der Waals surface area contributed by atoms with E-state index >= 15 is 0 Å². The van der Waals surface area contributed by atoms with Gasteiger partial charge in [-0.3, -0.25) is 14.8 Å². The van der Waals surface area contributed by atoms with Crippen LogP contribution in [0.1, 0.15) is 156 Å². The summed E-state index contributed by atoms with van der Waals surface area (Å²) < 4.78 is 26.9. The van der Waals surface area contributed by atoms with Crippen LogP contribution in [0.15, 0.2) is 11.6 Å². The van der Waals surface area contributed by atoms with Gasteiger partial charge in [-0.15, -0.1) is 0 Å². The topological polar surface area (TPSA) is 140 Å². The molecular weight excluding hydrogens is 805 g/mol. The average Bonchev–Trinajstić information content (AvgIpc) is 4.00. The molecule has 350 valence electrons. The van der Waals surface area contributed by atoms with Gasteiger partial charge in [-0.1, -0.05) is 46.3 Å². The van der Waals surface area contributed by atoms with Crippen molar-refractivity contribution < 1.29 is 39.1 Å². The SMILES string of the molecule is C[C@H]1[C@H]2[C@H](C[C@]3(C(=O)C[C@H]4[C@H]3CC[C@H]3Cc5nc6c(nc5C[C@@]34C)C[C@@H]3CC[C@H]4C5=CC7O[C@]8(CC[C@](C)(O)CO8)[C@@H](C)[C@@H]7[C@@]5(C)[C@H](O)C[C@@H]4[C@@]3(C)C6)[C@@]2(C)O)O[C@@]12CCC(C)(C)O2. The molecule has 0 bridgehead atoms. The summed E-state index contributed by atoms with van der Waals surface area (Å²) in [7, 11) is 0. The first kappa shape index (κ1) is 42.3. The van der Waals surface area contributed by atoms with Gasteiger partial charge in [0.2, 0.25) is 0 Å². The van der Waals surface area contributed by atoms with E-state index in [0.717, 1.165) is 76.3 Å². The van der Waals surface area contributed by atoms with Crippen molar-refractivity contribution in [2.75, 3.05) is 6.61 Å². The third kappa shape index (κ3) is 5.01. The second-order valence-corrected chi connectivity index (χ2v) is 26.5. The number of ketones is 1. The Morgan fingerprint density at radius 2 is 1.34 bits per heavy atom. The Labute approximate surface area is 380 Å². The van der Waals surface area contributed by atoms with Crippen LogP contribution in [-0.4, -0.2) is 84.4 Å². The zero-order valence-corrected chi connectivity index (χ0v) is 40.2. The smallest absolute Gasteiger partial charge is 0.172 e. The molecule has 5 saturated carbocycles. The number of hydrogen-bond donors (Lipinski definition) is 3. The third-order valence-electron chi connectivity index (χ3n) is 23.3. The van der Waals surface area contributed by atoms with Crippen LogP contribution in [-0.2, 0) is 49.4 Å². The fourth-order valence-electron chi connectivity index (χ4n) is 19.8. The van der Waals surface area contributed by atoms with Gasteiger partial charge in [0.15, 0.2) is 11.6 Å². The molecule has 1 aromatic rings. The summed E-state index contributed by atoms with van der Waals surface area (Å²) in [5.74, 6) is 1.09. The molecule has 4 aliphatic heterocycles. The summed E-state index contributed by atoms with van der Waals surface area (Å²) in [5, 5.41) is 36.0. The zero-order chi connectivity index (χ0) is 44.7. The largest absolute Gasteiger partial charge is 0.392 e. The van der Waals surface area contributed by atoms with Crippen LogP contribution in [0, 0.1) is 80.8 Å². The maximum absolute atomic E-state index is 14.8. The maximum Gasteiger partial charge on any atom is 0.172 e. The Balaban J connectivity index is 0.758. The minimum Gasteiger partial charge on any atom is -0.392 e. The van der Waals surface area contributed by atoms with Crippen molar-refractivity contribution in [3.8, 4) is 0 Å². The standard InChI is InChI=1S/C54H76N2O8/c1-27-44-40(62-53(27)17-15-47(5,59)26-61-53)20-34-31-12-10-29-18-36-38(23-48(29,6)33(31)21-42(57)50(34,44)8)55-37-19-30-11-13-32-35(49(30,7)24-39(37)56-36)22-43(58)52(32)25-41-45(51(52,9)60)28(2)54(63-41)16-14-46(3,4)64-54/h20,27-33,35,40-42,44-45,57,59-60H,10-19,21-26H2,1-9H3/t27-,28-,29-,30-,31+,32+,33-,35-,40?,41-,42+,44-,45-,47-,48-,49-,50+,51-,52-,53+,54+/m0/s1. The second-order valence-electron chi connectivity index (χ2n) is 26.5. The fourth-order valence-corrected chi connectivity index (χ4v) is 19.8. The molecule has 1 aromatic heterocycles. The lowest BCUT2D eigenvalue weighted by molar-refractivity contribution is -0.287. The molecule has 64 heavy (non-hydrogen) atoms. The molecule has 8 aliphatic carbocycles. The summed E-state index contributed by atoms with van der Waals surface area (Å²) in [5.41, 5.74) is 2.70. The number of carbonyl (C=O) groups is 1. The number of ether oxygens (including phenoxy) is 4. The van der Waals surface area contributed by atoms with E-state index in [-0.39, 0.29) is 82.0 Å². The fraction of sp³-hybridized carbons (Fsp3) is 0.870. The summed E-state index contributed by atoms with van der Waals surface area (Å²) >= 11 is 0. The number of nitrogens with zero attached hydrogens (tertiary/aromatic N) is 2. The minimum absolute atomic E-state index is 0.0132. The first-order valence-corrected chi connectivity index (χ1v) is 26.0. The molecule has 10 heteroatoms. The van der Waals surface area contributed by atoms with Crippen molar-refractivity contribution in [3.63, 3.8) is 0 Å². The van der Waals surface area contributed by atoms with Gasteiger partial charge in [-0.25, -0.2) is 0 Å². The molecule has 9 fully saturated rings. The lowest BCUT2D eigenvalue weighted by Gasteiger charge is -2.60. The van der Waals surface area contributed by atoms with E-state index in [1.165, 1.54) is 22.7 Å². The molecule has 3 spiro atoms. The Morgan fingerprint density at radius 1 is 0.703 bits per heavy atom. The van der Waals surface area contributed by atoms with E-state index < -0.39 is 34.3 Å². The third-order valence-corrected chi connectivity index (χ3v) is 23.3. The highest BCUT2D eigenvalue weighted by Gasteiger charge is 2.79. The van der Waals surface area contributed by atoms with Gasteiger partial charge in [0.25, 0.3) is 0 Å². The lowest BCUT2D eigenvalue weighted by Crippen LogP contribution is -2.58. The van der Waals surface area contributed by atoms with E-state index in [0.29, 0.717) is 49.4 Å². The number of aromatic nitrogens is 2. The van der Waals surface area contributed by atoms with Gasteiger partial charge in [0, 0.05) is 48.3 Å². The van der Waals surface area contributed by atoms with Crippen LogP contribution in [0.5, 0.6) is 0 Å². The van der Waals surface area contributed by atoms with Crippen LogP contribution in [0.2, 0.25) is 0 Å². The van der Waals surface area contributed by atoms with Crippen LogP contribution in [0.25, 0.3) is 0 Å². The number of fused-ring (bicyclic) bond motifs is 14. The van der Waals surface area contributed by atoms with Gasteiger partial charge in [0.05, 0.1) is 69.9 Å². The van der Waals surface area contributed by atoms with Crippen molar-refractivity contribution in [2.45, 2.75) is 205 Å². The Kier molecular flexibility index (Phi) is 8.40. The first-order chi connectivity index (χ1) is 30.0. The van der Waals surface area contributed by atoms with E-state index in [9.17, 15) is 20.1 Å². The van der Waals surface area contributed by atoms with E-state index in [4.69, 9.17) is 28.9 Å². The highest BCUT2D eigenvalue weighted by Crippen LogP contribution is 2.74. The van der Waals surface area contributed by atoms with Crippen molar-refractivity contribution in [2.24, 2.45) is 80.8 Å². The van der Waals surface area contributed by atoms with Crippen LogP contribution in [0.4, 0.5) is 0 Å². The molecule has 10 nitrogen and oxygen atoms in total. The number of hydrogen-bond acceptors (Lipinski definition) is 10. The molecule has 13 rings (SSSR count). The molecule has 21 atom stereocenters. The normalized spacial score (nSPS) is 58.3. The van der Waals surface area contributed by atoms with E-state index in [1.54, 1.807) is 0 Å². The molecule has 0 amide bonds. The Bertz CT molecular complexity index is 2240. The van der Waals surface area contributed by atoms with E-state index in [2.05, 4.69) is 54.5 Å². The highest BCUT2D eigenvalue weighted by molar-refractivity contribution is 5.90. The number of rotatable bonds is 0. The molecule has 4 saturated heterocycles. The maximum atomic E-state index is 14.8. The summed E-state index contributed by atoms with van der Waals surface area (Å²) in [6.45, 7) is 20.2. The first-order valence-electron chi connectivity index (χ1n) is 26.0. The van der Waals surface area contributed by atoms with E-state index in [1.807, 2.05) is 13.8 Å². The molecular formula is C54H76N2O8. The van der Waals surface area contributed by atoms with Gasteiger partial charge in [-0.05, 0) is 151 Å². The summed E-state index contributed by atoms with van der Waals surface area (Å²) in [6, 6.07) is 0. The molecule has 1 unspecified atom stereocenters. The van der Waals surface area contributed by atoms with Gasteiger partial charge in [-0.2, -0.15) is 0 Å². The summed E-state index contributed by atoms with van der Waals surface area (Å²) in [6.07, 6.45) is 14.7. The monoisotopic (exact) mass is 881 g/mol. The van der Waals surface area contributed by atoms with Crippen LogP contribution in [0.3, 0.4) is 0 Å². The molecule has 5 heterocycles. The summed E-state index contributed by atoms with van der Waals surface area (Å²) in [4.78, 5) is 26.0. The van der Waals surface area contributed by atoms with Crippen molar-refractivity contribution >= 4 is 5.78 Å². The minimum atomic E-state index is -1.16. The van der Waals surface area contributed by atoms with Crippen LogP contribution < -0.4 is 0 Å². The van der Waals surface area contributed by atoms with Gasteiger partial charge in [0.1, 0.15) is 5.78 Å². The molecule has 12 aliphatic rings. The zero-order valence-electron chi connectivity index (χ0n) is 40.2. The number of Topliss-reactive ketones (excluding diaryl/α,β-unsaturated/α-hetero) is 1.